The first kappa shape index (κ1) is 15.2. The third kappa shape index (κ3) is 2.92. The van der Waals surface area contributed by atoms with Gasteiger partial charge in [0.1, 0.15) is 5.82 Å². The Morgan fingerprint density at radius 1 is 1.27 bits per heavy atom. The van der Waals surface area contributed by atoms with Crippen LogP contribution in [0.1, 0.15) is 47.6 Å². The normalized spacial score (nSPS) is 16.0. The molecule has 22 heavy (non-hydrogen) atoms. The molecule has 0 saturated heterocycles. The van der Waals surface area contributed by atoms with E-state index in [1.807, 2.05) is 24.4 Å². The minimum Gasteiger partial charge on any atom is -0.362 e. The SMILES string of the molecule is Cc1scc2nc(C(=O)NC3CCCCC3)nc(N(C)C)c12. The summed E-state index contributed by atoms with van der Waals surface area (Å²) < 4.78 is 0. The van der Waals surface area contributed by atoms with Crippen LogP contribution >= 0.6 is 11.3 Å². The summed E-state index contributed by atoms with van der Waals surface area (Å²) in [6.45, 7) is 2.06. The van der Waals surface area contributed by atoms with Gasteiger partial charge in [0.25, 0.3) is 5.91 Å². The van der Waals surface area contributed by atoms with Crippen LogP contribution in [0, 0.1) is 6.92 Å². The standard InChI is InChI=1S/C16H22N4OS/c1-10-13-12(9-22-10)18-14(19-15(13)20(2)3)16(21)17-11-7-5-4-6-8-11/h9,11H,4-8H2,1-3H3,(H,17,21). The lowest BCUT2D eigenvalue weighted by Crippen LogP contribution is -2.37. The maximum Gasteiger partial charge on any atom is 0.289 e. The molecule has 0 spiro atoms. The van der Waals surface area contributed by atoms with Gasteiger partial charge in [0.05, 0.1) is 10.9 Å². The molecule has 1 saturated carbocycles. The summed E-state index contributed by atoms with van der Waals surface area (Å²) >= 11 is 1.64. The number of rotatable bonds is 3. The van der Waals surface area contributed by atoms with E-state index in [2.05, 4.69) is 22.2 Å². The summed E-state index contributed by atoms with van der Waals surface area (Å²) in [5, 5.41) is 6.14. The van der Waals surface area contributed by atoms with Crippen molar-refractivity contribution in [2.45, 2.75) is 45.1 Å². The smallest absolute Gasteiger partial charge is 0.289 e. The number of aryl methyl sites for hydroxylation is 1. The molecule has 2 aromatic heterocycles. The Kier molecular flexibility index (Phi) is 4.29. The second kappa shape index (κ2) is 6.20. The molecular weight excluding hydrogens is 296 g/mol. The third-order valence-electron chi connectivity index (χ3n) is 4.18. The molecule has 0 bridgehead atoms. The molecule has 0 unspecified atom stereocenters. The number of hydrogen-bond acceptors (Lipinski definition) is 5. The number of aromatic nitrogens is 2. The summed E-state index contributed by atoms with van der Waals surface area (Å²) in [7, 11) is 3.89. The lowest BCUT2D eigenvalue weighted by atomic mass is 9.95. The van der Waals surface area contributed by atoms with Gasteiger partial charge in [0.2, 0.25) is 5.82 Å². The Morgan fingerprint density at radius 3 is 2.68 bits per heavy atom. The van der Waals surface area contributed by atoms with Gasteiger partial charge in [0.15, 0.2) is 0 Å². The zero-order valence-corrected chi connectivity index (χ0v) is 14.2. The summed E-state index contributed by atoms with van der Waals surface area (Å²) in [5.74, 6) is 0.942. The molecule has 3 rings (SSSR count). The zero-order valence-electron chi connectivity index (χ0n) is 13.3. The minimum atomic E-state index is -0.152. The highest BCUT2D eigenvalue weighted by molar-refractivity contribution is 7.11. The Hall–Kier alpha value is -1.69. The number of nitrogens with zero attached hydrogens (tertiary/aromatic N) is 3. The summed E-state index contributed by atoms with van der Waals surface area (Å²) in [5.41, 5.74) is 0.856. The summed E-state index contributed by atoms with van der Waals surface area (Å²) in [4.78, 5) is 24.6. The van der Waals surface area contributed by atoms with E-state index in [0.29, 0.717) is 0 Å². The fourth-order valence-corrected chi connectivity index (χ4v) is 3.79. The highest BCUT2D eigenvalue weighted by atomic mass is 32.1. The van der Waals surface area contributed by atoms with Gasteiger partial charge < -0.3 is 10.2 Å². The van der Waals surface area contributed by atoms with E-state index >= 15 is 0 Å². The summed E-state index contributed by atoms with van der Waals surface area (Å²) in [6.07, 6.45) is 5.78. The zero-order chi connectivity index (χ0) is 15.7. The fourth-order valence-electron chi connectivity index (χ4n) is 3.01. The molecule has 0 radical (unpaired) electrons. The largest absolute Gasteiger partial charge is 0.362 e. The van der Waals surface area contributed by atoms with Gasteiger partial charge in [-0.2, -0.15) is 0 Å². The number of amides is 1. The second-order valence-corrected chi connectivity index (χ2v) is 7.21. The van der Waals surface area contributed by atoms with Crippen molar-refractivity contribution in [3.05, 3.63) is 16.1 Å². The molecule has 1 amide bonds. The first-order valence-corrected chi connectivity index (χ1v) is 8.68. The van der Waals surface area contributed by atoms with Gasteiger partial charge in [0, 0.05) is 30.4 Å². The maximum atomic E-state index is 12.5. The molecule has 0 aliphatic heterocycles. The van der Waals surface area contributed by atoms with E-state index in [1.165, 1.54) is 24.1 Å². The van der Waals surface area contributed by atoms with Crippen LogP contribution in [0.25, 0.3) is 10.9 Å². The van der Waals surface area contributed by atoms with Crippen LogP contribution in [-0.4, -0.2) is 36.0 Å². The van der Waals surface area contributed by atoms with Crippen molar-refractivity contribution < 1.29 is 4.79 Å². The number of carbonyl (C=O) groups is 1. The lowest BCUT2D eigenvalue weighted by molar-refractivity contribution is 0.0917. The van der Waals surface area contributed by atoms with Gasteiger partial charge in [-0.25, -0.2) is 9.97 Å². The third-order valence-corrected chi connectivity index (χ3v) is 5.08. The van der Waals surface area contributed by atoms with E-state index in [0.717, 1.165) is 29.6 Å². The van der Waals surface area contributed by atoms with E-state index < -0.39 is 0 Å². The van der Waals surface area contributed by atoms with Gasteiger partial charge >= 0.3 is 0 Å². The molecule has 5 nitrogen and oxygen atoms in total. The Balaban J connectivity index is 1.91. The van der Waals surface area contributed by atoms with Gasteiger partial charge in [-0.1, -0.05) is 19.3 Å². The maximum absolute atomic E-state index is 12.5. The average molecular weight is 318 g/mol. The first-order chi connectivity index (χ1) is 10.6. The van der Waals surface area contributed by atoms with Crippen LogP contribution in [-0.2, 0) is 0 Å². The van der Waals surface area contributed by atoms with Crippen molar-refractivity contribution in [3.63, 3.8) is 0 Å². The van der Waals surface area contributed by atoms with Crippen molar-refractivity contribution in [1.29, 1.82) is 0 Å². The van der Waals surface area contributed by atoms with Crippen LogP contribution in [0.2, 0.25) is 0 Å². The monoisotopic (exact) mass is 318 g/mol. The van der Waals surface area contributed by atoms with E-state index in [1.54, 1.807) is 11.3 Å². The molecule has 0 aromatic carbocycles. The van der Waals surface area contributed by atoms with Gasteiger partial charge in [-0.3, -0.25) is 4.79 Å². The summed E-state index contributed by atoms with van der Waals surface area (Å²) in [6, 6.07) is 0.271. The Morgan fingerprint density at radius 2 is 2.00 bits per heavy atom. The number of anilines is 1. The molecule has 0 atom stereocenters. The highest BCUT2D eigenvalue weighted by Gasteiger charge is 2.21. The van der Waals surface area contributed by atoms with E-state index in [9.17, 15) is 4.79 Å². The van der Waals surface area contributed by atoms with Crippen molar-refractivity contribution in [1.82, 2.24) is 15.3 Å². The van der Waals surface area contributed by atoms with Crippen molar-refractivity contribution >= 4 is 34.0 Å². The van der Waals surface area contributed by atoms with Crippen LogP contribution in [0.4, 0.5) is 5.82 Å². The predicted molar refractivity (Wildman–Crippen MR) is 90.8 cm³/mol. The molecule has 1 N–H and O–H groups in total. The Labute approximate surface area is 134 Å². The van der Waals surface area contributed by atoms with Crippen LogP contribution in [0.3, 0.4) is 0 Å². The van der Waals surface area contributed by atoms with Gasteiger partial charge in [-0.05, 0) is 19.8 Å². The molecule has 1 fully saturated rings. The molecule has 6 heteroatoms. The molecule has 1 aliphatic carbocycles. The minimum absolute atomic E-state index is 0.152. The van der Waals surface area contributed by atoms with Crippen LogP contribution < -0.4 is 10.2 Å². The lowest BCUT2D eigenvalue weighted by Gasteiger charge is -2.22. The van der Waals surface area contributed by atoms with Crippen molar-refractivity contribution in [3.8, 4) is 0 Å². The molecule has 2 heterocycles. The first-order valence-electron chi connectivity index (χ1n) is 7.80. The number of hydrogen-bond donors (Lipinski definition) is 1. The number of carbonyl (C=O) groups excluding carboxylic acids is 1. The quantitative estimate of drug-likeness (QED) is 0.944. The van der Waals surface area contributed by atoms with Gasteiger partial charge in [-0.15, -0.1) is 11.3 Å². The number of thiophene rings is 1. The van der Waals surface area contributed by atoms with Crippen molar-refractivity contribution in [2.75, 3.05) is 19.0 Å². The number of fused-ring (bicyclic) bond motifs is 1. The topological polar surface area (TPSA) is 58.1 Å². The second-order valence-electron chi connectivity index (χ2n) is 6.13. The molecule has 2 aromatic rings. The molecular formula is C16H22N4OS. The predicted octanol–water partition coefficient (Wildman–Crippen LogP) is 3.13. The van der Waals surface area contributed by atoms with Crippen molar-refractivity contribution in [2.24, 2.45) is 0 Å². The highest BCUT2D eigenvalue weighted by Crippen LogP contribution is 2.30. The van der Waals surface area contributed by atoms with Crippen LogP contribution in [0.15, 0.2) is 5.38 Å². The Bertz CT molecular complexity index is 689. The van der Waals surface area contributed by atoms with E-state index in [4.69, 9.17) is 0 Å². The van der Waals surface area contributed by atoms with E-state index in [-0.39, 0.29) is 17.8 Å². The number of nitrogens with one attached hydrogen (secondary N) is 1. The molecule has 118 valence electrons. The molecule has 1 aliphatic rings. The van der Waals surface area contributed by atoms with Crippen LogP contribution in [0.5, 0.6) is 0 Å². The average Bonchev–Trinajstić information content (AvgIpc) is 2.89. The fraction of sp³-hybridized carbons (Fsp3) is 0.562.